The van der Waals surface area contributed by atoms with Crippen molar-refractivity contribution >= 4 is 12.0 Å². The second-order valence-corrected chi connectivity index (χ2v) is 5.59. The third-order valence-electron chi connectivity index (χ3n) is 4.22. The fraction of sp³-hybridized carbons (Fsp3) is 0.867. The quantitative estimate of drug-likeness (QED) is 0.716. The van der Waals surface area contributed by atoms with Crippen molar-refractivity contribution in [3.05, 3.63) is 0 Å². The first-order valence-corrected chi connectivity index (χ1v) is 8.05. The first-order chi connectivity index (χ1) is 10.0. The van der Waals surface area contributed by atoms with Crippen LogP contribution in [-0.2, 0) is 4.79 Å². The first-order valence-electron chi connectivity index (χ1n) is 8.05. The molecule has 1 fully saturated rings. The van der Waals surface area contributed by atoms with Crippen LogP contribution in [0.4, 0.5) is 4.79 Å². The van der Waals surface area contributed by atoms with Gasteiger partial charge in [0.1, 0.15) is 6.04 Å². The van der Waals surface area contributed by atoms with Gasteiger partial charge in [0.25, 0.3) is 0 Å². The third-order valence-corrected chi connectivity index (χ3v) is 4.22. The van der Waals surface area contributed by atoms with Gasteiger partial charge in [0.15, 0.2) is 0 Å². The van der Waals surface area contributed by atoms with Crippen LogP contribution in [0.15, 0.2) is 0 Å². The Hall–Kier alpha value is -1.30. The van der Waals surface area contributed by atoms with Crippen LogP contribution in [0.1, 0.15) is 46.5 Å². The summed E-state index contributed by atoms with van der Waals surface area (Å²) in [4.78, 5) is 27.5. The van der Waals surface area contributed by atoms with Gasteiger partial charge < -0.3 is 15.3 Å². The number of carboxylic acid groups (broad SMARTS) is 1. The zero-order valence-corrected chi connectivity index (χ0v) is 13.5. The van der Waals surface area contributed by atoms with Crippen molar-refractivity contribution in [3.63, 3.8) is 0 Å². The van der Waals surface area contributed by atoms with Gasteiger partial charge in [-0.15, -0.1) is 0 Å². The number of carbonyl (C=O) groups excluding carboxylic acids is 1. The van der Waals surface area contributed by atoms with Gasteiger partial charge in [-0.2, -0.15) is 0 Å². The minimum absolute atomic E-state index is 0.242. The monoisotopic (exact) mass is 299 g/mol. The number of carboxylic acids is 1. The zero-order chi connectivity index (χ0) is 15.8. The SMILES string of the molecule is CCCCC(NC(=O)N1CCC(N(CC)CC)C1)C(=O)O. The predicted octanol–water partition coefficient (Wildman–Crippen LogP) is 1.76. The second kappa shape index (κ2) is 8.87. The summed E-state index contributed by atoms with van der Waals surface area (Å²) in [5.41, 5.74) is 0. The molecule has 6 heteroatoms. The second-order valence-electron chi connectivity index (χ2n) is 5.59. The molecule has 0 aromatic heterocycles. The summed E-state index contributed by atoms with van der Waals surface area (Å²) < 4.78 is 0. The number of likely N-dealkylation sites (tertiary alicyclic amines) is 1. The molecule has 1 heterocycles. The van der Waals surface area contributed by atoms with E-state index in [0.29, 0.717) is 25.6 Å². The Bertz CT molecular complexity index is 345. The smallest absolute Gasteiger partial charge is 0.326 e. The summed E-state index contributed by atoms with van der Waals surface area (Å²) in [6.07, 6.45) is 3.18. The molecule has 6 nitrogen and oxygen atoms in total. The lowest BCUT2D eigenvalue weighted by molar-refractivity contribution is -0.139. The maximum atomic E-state index is 12.2. The Balaban J connectivity index is 2.50. The Morgan fingerprint density at radius 3 is 2.52 bits per heavy atom. The number of likely N-dealkylation sites (N-methyl/N-ethyl adjacent to an activating group) is 1. The van der Waals surface area contributed by atoms with Crippen molar-refractivity contribution in [2.75, 3.05) is 26.2 Å². The van der Waals surface area contributed by atoms with E-state index < -0.39 is 12.0 Å². The molecule has 2 unspecified atom stereocenters. The van der Waals surface area contributed by atoms with Crippen LogP contribution < -0.4 is 5.32 Å². The summed E-state index contributed by atoms with van der Waals surface area (Å²) in [6.45, 7) is 9.60. The van der Waals surface area contributed by atoms with Gasteiger partial charge in [0.2, 0.25) is 0 Å². The Labute approximate surface area is 127 Å². The van der Waals surface area contributed by atoms with Crippen molar-refractivity contribution in [2.45, 2.75) is 58.5 Å². The maximum Gasteiger partial charge on any atom is 0.326 e. The van der Waals surface area contributed by atoms with E-state index in [1.807, 2.05) is 6.92 Å². The molecular weight excluding hydrogens is 270 g/mol. The summed E-state index contributed by atoms with van der Waals surface area (Å²) in [7, 11) is 0. The molecule has 2 amide bonds. The molecule has 1 saturated heterocycles. The minimum atomic E-state index is -0.948. The highest BCUT2D eigenvalue weighted by molar-refractivity contribution is 5.82. The summed E-state index contributed by atoms with van der Waals surface area (Å²) >= 11 is 0. The lowest BCUT2D eigenvalue weighted by Crippen LogP contribution is -2.48. The van der Waals surface area contributed by atoms with Crippen molar-refractivity contribution in [2.24, 2.45) is 0 Å². The van der Waals surface area contributed by atoms with Crippen LogP contribution in [-0.4, -0.2) is 65.2 Å². The van der Waals surface area contributed by atoms with Crippen LogP contribution in [0.5, 0.6) is 0 Å². The summed E-state index contributed by atoms with van der Waals surface area (Å²) in [5.74, 6) is -0.948. The Kier molecular flexibility index (Phi) is 7.50. The molecule has 0 aromatic rings. The van der Waals surface area contributed by atoms with Crippen molar-refractivity contribution < 1.29 is 14.7 Å². The van der Waals surface area contributed by atoms with E-state index in [0.717, 1.165) is 32.4 Å². The molecule has 21 heavy (non-hydrogen) atoms. The normalized spacial score (nSPS) is 19.8. The van der Waals surface area contributed by atoms with Gasteiger partial charge in [-0.3, -0.25) is 4.90 Å². The number of nitrogens with zero attached hydrogens (tertiary/aromatic N) is 2. The van der Waals surface area contributed by atoms with Crippen molar-refractivity contribution in [3.8, 4) is 0 Å². The van der Waals surface area contributed by atoms with Crippen molar-refractivity contribution in [1.29, 1.82) is 0 Å². The number of amides is 2. The number of aliphatic carboxylic acids is 1. The maximum absolute atomic E-state index is 12.2. The molecule has 0 saturated carbocycles. The van der Waals surface area contributed by atoms with E-state index in [1.165, 1.54) is 0 Å². The van der Waals surface area contributed by atoms with Crippen LogP contribution >= 0.6 is 0 Å². The average Bonchev–Trinajstić information content (AvgIpc) is 2.94. The number of nitrogens with one attached hydrogen (secondary N) is 1. The molecule has 1 rings (SSSR count). The molecule has 122 valence electrons. The molecule has 1 aliphatic rings. The Morgan fingerprint density at radius 1 is 1.33 bits per heavy atom. The molecular formula is C15H29N3O3. The highest BCUT2D eigenvalue weighted by Crippen LogP contribution is 2.15. The molecule has 0 radical (unpaired) electrons. The Morgan fingerprint density at radius 2 is 2.00 bits per heavy atom. The molecule has 0 bridgehead atoms. The number of carbonyl (C=O) groups is 2. The first kappa shape index (κ1) is 17.8. The molecule has 0 spiro atoms. The van der Waals surface area contributed by atoms with Gasteiger partial charge in [-0.25, -0.2) is 9.59 Å². The van der Waals surface area contributed by atoms with E-state index in [2.05, 4.69) is 24.1 Å². The number of hydrogen-bond donors (Lipinski definition) is 2. The van der Waals surface area contributed by atoms with Crippen LogP contribution in [0, 0.1) is 0 Å². The van der Waals surface area contributed by atoms with Gasteiger partial charge >= 0.3 is 12.0 Å². The highest BCUT2D eigenvalue weighted by atomic mass is 16.4. The number of urea groups is 1. The van der Waals surface area contributed by atoms with Crippen LogP contribution in [0.25, 0.3) is 0 Å². The van der Waals surface area contributed by atoms with Crippen LogP contribution in [0.2, 0.25) is 0 Å². The lowest BCUT2D eigenvalue weighted by Gasteiger charge is -2.26. The molecule has 1 aliphatic heterocycles. The molecule has 0 aromatic carbocycles. The van der Waals surface area contributed by atoms with E-state index in [9.17, 15) is 9.59 Å². The number of unbranched alkanes of at least 4 members (excludes halogenated alkanes) is 1. The zero-order valence-electron chi connectivity index (χ0n) is 13.5. The van der Waals surface area contributed by atoms with Gasteiger partial charge in [0.05, 0.1) is 0 Å². The third kappa shape index (κ3) is 5.19. The van der Waals surface area contributed by atoms with E-state index in [4.69, 9.17) is 5.11 Å². The highest BCUT2D eigenvalue weighted by Gasteiger charge is 2.31. The summed E-state index contributed by atoms with van der Waals surface area (Å²) in [6, 6.07) is -0.622. The fourth-order valence-corrected chi connectivity index (χ4v) is 2.87. The van der Waals surface area contributed by atoms with E-state index in [1.54, 1.807) is 4.90 Å². The van der Waals surface area contributed by atoms with Gasteiger partial charge in [-0.1, -0.05) is 33.6 Å². The average molecular weight is 299 g/mol. The molecule has 2 atom stereocenters. The van der Waals surface area contributed by atoms with E-state index >= 15 is 0 Å². The van der Waals surface area contributed by atoms with E-state index in [-0.39, 0.29) is 6.03 Å². The van der Waals surface area contributed by atoms with Gasteiger partial charge in [-0.05, 0) is 25.9 Å². The fourth-order valence-electron chi connectivity index (χ4n) is 2.87. The predicted molar refractivity (Wildman–Crippen MR) is 82.4 cm³/mol. The summed E-state index contributed by atoms with van der Waals surface area (Å²) in [5, 5.41) is 11.8. The molecule has 0 aliphatic carbocycles. The van der Waals surface area contributed by atoms with Crippen molar-refractivity contribution in [1.82, 2.24) is 15.1 Å². The standard InChI is InChI=1S/C15H29N3O3/c1-4-7-8-13(14(19)20)16-15(21)18-10-9-12(11-18)17(5-2)6-3/h12-13H,4-11H2,1-3H3,(H,16,21)(H,19,20). The molecule has 2 N–H and O–H groups in total. The topological polar surface area (TPSA) is 72.9 Å². The lowest BCUT2D eigenvalue weighted by atomic mass is 10.1. The number of rotatable bonds is 8. The largest absolute Gasteiger partial charge is 0.480 e. The minimum Gasteiger partial charge on any atom is -0.480 e. The van der Waals surface area contributed by atoms with Gasteiger partial charge in [0, 0.05) is 19.1 Å². The van der Waals surface area contributed by atoms with Crippen LogP contribution in [0.3, 0.4) is 0 Å². The number of hydrogen-bond acceptors (Lipinski definition) is 3.